The molecule has 2 N–H and O–H groups in total. The number of piperazine rings is 1. The van der Waals surface area contributed by atoms with E-state index in [1.54, 1.807) is 14.0 Å². The van der Waals surface area contributed by atoms with Crippen LogP contribution in [0.3, 0.4) is 0 Å². The third-order valence-corrected chi connectivity index (χ3v) is 7.53. The number of pyridine rings is 1. The first-order valence-electron chi connectivity index (χ1n) is 11.3. The number of hydrazine groups is 1. The fraction of sp³-hybridized carbons (Fsp3) is 0.476. The zero-order valence-electron chi connectivity index (χ0n) is 20.6. The van der Waals surface area contributed by atoms with Gasteiger partial charge in [-0.2, -0.15) is 9.40 Å². The lowest BCUT2D eigenvalue weighted by Gasteiger charge is -2.33. The van der Waals surface area contributed by atoms with Gasteiger partial charge in [0.05, 0.1) is 12.8 Å². The third kappa shape index (κ3) is 5.80. The largest absolute Gasteiger partial charge is 0.477 e. The van der Waals surface area contributed by atoms with Crippen molar-refractivity contribution in [2.45, 2.75) is 18.7 Å². The van der Waals surface area contributed by atoms with Crippen molar-refractivity contribution in [3.05, 3.63) is 29.6 Å². The smallest absolute Gasteiger partial charge is 0.290 e. The predicted octanol–water partition coefficient (Wildman–Crippen LogP) is -0.793. The van der Waals surface area contributed by atoms with Crippen LogP contribution in [0.15, 0.2) is 23.2 Å². The maximum absolute atomic E-state index is 13.2. The Morgan fingerprint density at radius 2 is 1.81 bits per heavy atom. The average Bonchev–Trinajstić information content (AvgIpc) is 3.28. The quantitative estimate of drug-likeness (QED) is 0.318. The van der Waals surface area contributed by atoms with E-state index in [0.29, 0.717) is 38.4 Å². The molecule has 0 unspecified atom stereocenters. The summed E-state index contributed by atoms with van der Waals surface area (Å²) in [7, 11) is -0.838. The maximum Gasteiger partial charge on any atom is 0.290 e. The highest BCUT2D eigenvalue weighted by Crippen LogP contribution is 2.23. The number of sulfonamides is 1. The summed E-state index contributed by atoms with van der Waals surface area (Å²) in [6.45, 7) is 6.60. The zero-order valence-corrected chi connectivity index (χ0v) is 21.4. The summed E-state index contributed by atoms with van der Waals surface area (Å²) in [6, 6.07) is 2.55. The standard InChI is InChI=1S/C21H30N8O6S/c1-5-28-7-9-29(10-8-28)36(33,34)15-11-16(21(22-13-15)35-6-2)19(31)23-24-20(32)17-12-18(26(3)14-30)27(4)25-17/h11-14H,5-10H2,1-4H3,(H,23,31)(H,24,32). The van der Waals surface area contributed by atoms with Gasteiger partial charge >= 0.3 is 0 Å². The monoisotopic (exact) mass is 522 g/mol. The number of hydrogen-bond acceptors (Lipinski definition) is 9. The number of carbonyl (C=O) groups excluding carboxylic acids is 3. The number of likely N-dealkylation sites (N-methyl/N-ethyl adjacent to an activating group) is 1. The van der Waals surface area contributed by atoms with Crippen molar-refractivity contribution in [2.75, 3.05) is 51.3 Å². The number of nitrogens with zero attached hydrogens (tertiary/aromatic N) is 6. The van der Waals surface area contributed by atoms with E-state index in [1.165, 1.54) is 33.1 Å². The minimum absolute atomic E-state index is 0.0489. The number of anilines is 1. The van der Waals surface area contributed by atoms with Crippen LogP contribution in [0, 0.1) is 0 Å². The maximum atomic E-state index is 13.2. The molecule has 1 aliphatic rings. The molecule has 36 heavy (non-hydrogen) atoms. The second-order valence-electron chi connectivity index (χ2n) is 7.93. The fourth-order valence-electron chi connectivity index (χ4n) is 3.62. The third-order valence-electron chi connectivity index (χ3n) is 5.66. The van der Waals surface area contributed by atoms with E-state index < -0.39 is 21.8 Å². The lowest BCUT2D eigenvalue weighted by atomic mass is 10.2. The van der Waals surface area contributed by atoms with Gasteiger partial charge in [0.2, 0.25) is 22.3 Å². The fourth-order valence-corrected chi connectivity index (χ4v) is 5.02. The van der Waals surface area contributed by atoms with E-state index in [2.05, 4.69) is 25.8 Å². The number of amides is 3. The molecule has 0 radical (unpaired) electrons. The lowest BCUT2D eigenvalue weighted by molar-refractivity contribution is -0.107. The first kappa shape index (κ1) is 27.0. The van der Waals surface area contributed by atoms with Crippen molar-refractivity contribution < 1.29 is 27.5 Å². The highest BCUT2D eigenvalue weighted by Gasteiger charge is 2.30. The van der Waals surface area contributed by atoms with Gasteiger partial charge < -0.3 is 14.5 Å². The van der Waals surface area contributed by atoms with Crippen molar-refractivity contribution >= 4 is 34.1 Å². The minimum atomic E-state index is -3.89. The van der Waals surface area contributed by atoms with E-state index in [1.807, 2.05) is 6.92 Å². The zero-order chi connectivity index (χ0) is 26.5. The van der Waals surface area contributed by atoms with Crippen molar-refractivity contribution in [1.82, 2.24) is 34.8 Å². The summed E-state index contributed by atoms with van der Waals surface area (Å²) in [5.74, 6) is -1.28. The molecule has 0 aromatic carbocycles. The van der Waals surface area contributed by atoms with Crippen LogP contribution in [0.25, 0.3) is 0 Å². The SMILES string of the molecule is CCOc1ncc(S(=O)(=O)N2CCN(CC)CC2)cc1C(=O)NNC(=O)c1cc(N(C)C=O)n(C)n1. The Bertz CT molecular complexity index is 1220. The molecule has 3 amide bonds. The number of nitrogens with one attached hydrogen (secondary N) is 2. The number of aryl methyl sites for hydroxylation is 1. The minimum Gasteiger partial charge on any atom is -0.477 e. The molecule has 0 atom stereocenters. The van der Waals surface area contributed by atoms with Crippen LogP contribution in [-0.2, 0) is 21.9 Å². The summed E-state index contributed by atoms with van der Waals surface area (Å²) in [6.07, 6.45) is 1.72. The highest BCUT2D eigenvalue weighted by atomic mass is 32.2. The molecule has 0 spiro atoms. The molecule has 3 rings (SSSR count). The number of aromatic nitrogens is 3. The van der Waals surface area contributed by atoms with Crippen LogP contribution in [-0.4, -0.2) is 97.0 Å². The topological polar surface area (TPSA) is 159 Å². The Labute approximate surface area is 209 Å². The van der Waals surface area contributed by atoms with Gasteiger partial charge in [0, 0.05) is 46.3 Å². The van der Waals surface area contributed by atoms with Crippen LogP contribution in [0.4, 0.5) is 5.82 Å². The molecule has 14 nitrogen and oxygen atoms in total. The lowest BCUT2D eigenvalue weighted by Crippen LogP contribution is -2.48. The molecule has 2 aromatic heterocycles. The number of ether oxygens (including phenoxy) is 1. The molecule has 196 valence electrons. The molecule has 1 aliphatic heterocycles. The van der Waals surface area contributed by atoms with Gasteiger partial charge in [-0.15, -0.1) is 0 Å². The Hall–Kier alpha value is -3.56. The number of rotatable bonds is 9. The summed E-state index contributed by atoms with van der Waals surface area (Å²) >= 11 is 0. The Kier molecular flexibility index (Phi) is 8.60. The molecule has 0 saturated carbocycles. The summed E-state index contributed by atoms with van der Waals surface area (Å²) < 4.78 is 34.4. The second kappa shape index (κ2) is 11.5. The first-order chi connectivity index (χ1) is 17.1. The van der Waals surface area contributed by atoms with Gasteiger partial charge in [0.15, 0.2) is 5.69 Å². The number of carbonyl (C=O) groups is 3. The van der Waals surface area contributed by atoms with Crippen molar-refractivity contribution in [1.29, 1.82) is 0 Å². The average molecular weight is 523 g/mol. The molecule has 2 aromatic rings. The van der Waals surface area contributed by atoms with Gasteiger partial charge in [-0.1, -0.05) is 6.92 Å². The molecule has 0 aliphatic carbocycles. The molecule has 1 fully saturated rings. The molecular weight excluding hydrogens is 492 g/mol. The summed E-state index contributed by atoms with van der Waals surface area (Å²) in [5.41, 5.74) is 4.25. The first-order valence-corrected chi connectivity index (χ1v) is 12.7. The number of hydrogen-bond donors (Lipinski definition) is 2. The van der Waals surface area contributed by atoms with Crippen LogP contribution in [0.5, 0.6) is 5.88 Å². The van der Waals surface area contributed by atoms with E-state index in [-0.39, 0.29) is 28.6 Å². The van der Waals surface area contributed by atoms with Crippen molar-refractivity contribution in [2.24, 2.45) is 7.05 Å². The summed E-state index contributed by atoms with van der Waals surface area (Å²) in [4.78, 5) is 43.6. The van der Waals surface area contributed by atoms with Gasteiger partial charge in [-0.25, -0.2) is 13.4 Å². The normalized spacial score (nSPS) is 14.8. The van der Waals surface area contributed by atoms with Crippen LogP contribution in [0.2, 0.25) is 0 Å². The van der Waals surface area contributed by atoms with E-state index in [0.717, 1.165) is 12.7 Å². The Morgan fingerprint density at radius 3 is 2.42 bits per heavy atom. The van der Waals surface area contributed by atoms with E-state index in [9.17, 15) is 22.8 Å². The highest BCUT2D eigenvalue weighted by molar-refractivity contribution is 7.89. The Morgan fingerprint density at radius 1 is 1.14 bits per heavy atom. The van der Waals surface area contributed by atoms with Crippen LogP contribution < -0.4 is 20.5 Å². The van der Waals surface area contributed by atoms with Crippen LogP contribution in [0.1, 0.15) is 34.7 Å². The van der Waals surface area contributed by atoms with E-state index >= 15 is 0 Å². The van der Waals surface area contributed by atoms with Gasteiger partial charge in [-0.3, -0.25) is 29.9 Å². The second-order valence-corrected chi connectivity index (χ2v) is 9.87. The molecular formula is C21H30N8O6S. The van der Waals surface area contributed by atoms with Crippen LogP contribution >= 0.6 is 0 Å². The van der Waals surface area contributed by atoms with Gasteiger partial charge in [-0.05, 0) is 19.5 Å². The molecule has 15 heteroatoms. The van der Waals surface area contributed by atoms with Gasteiger partial charge in [0.25, 0.3) is 11.8 Å². The molecule has 0 bridgehead atoms. The van der Waals surface area contributed by atoms with E-state index in [4.69, 9.17) is 4.74 Å². The summed E-state index contributed by atoms with van der Waals surface area (Å²) in [5, 5.41) is 4.01. The Balaban J connectivity index is 1.78. The molecule has 3 heterocycles. The van der Waals surface area contributed by atoms with Gasteiger partial charge in [0.1, 0.15) is 16.3 Å². The molecule has 1 saturated heterocycles. The van der Waals surface area contributed by atoms with Crippen molar-refractivity contribution in [3.63, 3.8) is 0 Å². The predicted molar refractivity (Wildman–Crippen MR) is 129 cm³/mol. The van der Waals surface area contributed by atoms with Crippen molar-refractivity contribution in [3.8, 4) is 5.88 Å².